The van der Waals surface area contributed by atoms with E-state index in [-0.39, 0.29) is 11.9 Å². The van der Waals surface area contributed by atoms with Gasteiger partial charge in [0.05, 0.1) is 7.11 Å². The monoisotopic (exact) mass is 222 g/mol. The van der Waals surface area contributed by atoms with Crippen LogP contribution in [0, 0.1) is 0 Å². The number of nitrogens with zero attached hydrogens (tertiary/aromatic N) is 1. The predicted octanol–water partition coefficient (Wildman–Crippen LogP) is 1.40. The molecule has 0 aliphatic rings. The van der Waals surface area contributed by atoms with Crippen LogP contribution in [0.25, 0.3) is 0 Å². The van der Waals surface area contributed by atoms with E-state index < -0.39 is 0 Å². The van der Waals surface area contributed by atoms with Crippen molar-refractivity contribution >= 4 is 11.6 Å². The zero-order valence-electron chi connectivity index (χ0n) is 9.93. The average molecular weight is 222 g/mol. The molecule has 1 aromatic carbocycles. The Bertz CT molecular complexity index is 364. The molecule has 1 unspecified atom stereocenters. The number of carbonyl (C=O) groups is 1. The highest BCUT2D eigenvalue weighted by Crippen LogP contribution is 2.20. The first-order valence-electron chi connectivity index (χ1n) is 5.20. The summed E-state index contributed by atoms with van der Waals surface area (Å²) in [7, 11) is 3.34. The van der Waals surface area contributed by atoms with Crippen LogP contribution in [0.2, 0.25) is 0 Å². The fourth-order valence-corrected chi connectivity index (χ4v) is 1.38. The van der Waals surface area contributed by atoms with Gasteiger partial charge in [-0.05, 0) is 19.1 Å². The number of methoxy groups -OCH3 is 1. The maximum atomic E-state index is 11.8. The summed E-state index contributed by atoms with van der Waals surface area (Å²) in [6.07, 6.45) is 0.341. The minimum atomic E-state index is -0.124. The molecule has 16 heavy (non-hydrogen) atoms. The van der Waals surface area contributed by atoms with Crippen LogP contribution in [0.5, 0.6) is 5.75 Å². The van der Waals surface area contributed by atoms with Gasteiger partial charge >= 0.3 is 0 Å². The fourth-order valence-electron chi connectivity index (χ4n) is 1.38. The lowest BCUT2D eigenvalue weighted by atomic mass is 10.2. The molecule has 1 aromatic rings. The number of carbonyl (C=O) groups excluding carboxylic acids is 1. The fraction of sp³-hybridized carbons (Fsp3) is 0.417. The van der Waals surface area contributed by atoms with Gasteiger partial charge in [0.25, 0.3) is 0 Å². The molecule has 0 spiro atoms. The maximum absolute atomic E-state index is 11.8. The molecule has 0 fully saturated rings. The zero-order chi connectivity index (χ0) is 12.1. The highest BCUT2D eigenvalue weighted by Gasteiger charge is 2.12. The molecule has 0 aliphatic carbocycles. The van der Waals surface area contributed by atoms with E-state index in [4.69, 9.17) is 10.5 Å². The zero-order valence-corrected chi connectivity index (χ0v) is 9.93. The molecule has 1 rings (SSSR count). The number of nitrogens with two attached hydrogens (primary N) is 1. The van der Waals surface area contributed by atoms with E-state index in [1.165, 1.54) is 0 Å². The van der Waals surface area contributed by atoms with Gasteiger partial charge in [0.15, 0.2) is 0 Å². The van der Waals surface area contributed by atoms with Gasteiger partial charge < -0.3 is 15.4 Å². The van der Waals surface area contributed by atoms with Crippen LogP contribution in [0.1, 0.15) is 13.3 Å². The summed E-state index contributed by atoms with van der Waals surface area (Å²) >= 11 is 0. The third-order valence-corrected chi connectivity index (χ3v) is 2.31. The van der Waals surface area contributed by atoms with Crippen LogP contribution < -0.4 is 15.4 Å². The molecular formula is C12H18N2O2. The van der Waals surface area contributed by atoms with Gasteiger partial charge in [0.1, 0.15) is 5.75 Å². The molecule has 0 bridgehead atoms. The minimum absolute atomic E-state index is 0.00301. The number of hydrogen-bond acceptors (Lipinski definition) is 3. The molecule has 0 heterocycles. The van der Waals surface area contributed by atoms with E-state index in [1.54, 1.807) is 19.1 Å². The molecule has 0 radical (unpaired) electrons. The van der Waals surface area contributed by atoms with E-state index in [0.29, 0.717) is 6.42 Å². The van der Waals surface area contributed by atoms with Crippen molar-refractivity contribution in [2.75, 3.05) is 19.1 Å². The summed E-state index contributed by atoms with van der Waals surface area (Å²) in [6.45, 7) is 1.82. The third kappa shape index (κ3) is 3.24. The van der Waals surface area contributed by atoms with Gasteiger partial charge in [-0.25, -0.2) is 0 Å². The van der Waals surface area contributed by atoms with Crippen molar-refractivity contribution in [3.05, 3.63) is 24.3 Å². The first-order valence-corrected chi connectivity index (χ1v) is 5.20. The SMILES string of the molecule is COc1cccc(N(C)C(=O)CC(C)N)c1. The van der Waals surface area contributed by atoms with Crippen molar-refractivity contribution in [2.24, 2.45) is 5.73 Å². The maximum Gasteiger partial charge on any atom is 0.228 e. The lowest BCUT2D eigenvalue weighted by molar-refractivity contribution is -0.118. The van der Waals surface area contributed by atoms with Crippen molar-refractivity contribution < 1.29 is 9.53 Å². The number of hydrogen-bond donors (Lipinski definition) is 1. The molecule has 1 atom stereocenters. The number of ether oxygens (including phenoxy) is 1. The van der Waals surface area contributed by atoms with Crippen LogP contribution in [-0.4, -0.2) is 26.1 Å². The van der Waals surface area contributed by atoms with Crippen molar-refractivity contribution in [3.8, 4) is 5.75 Å². The summed E-state index contributed by atoms with van der Waals surface area (Å²) < 4.78 is 5.10. The minimum Gasteiger partial charge on any atom is -0.497 e. The second-order valence-electron chi connectivity index (χ2n) is 3.84. The molecule has 1 amide bonds. The summed E-state index contributed by atoms with van der Waals surface area (Å²) in [4.78, 5) is 13.3. The molecule has 0 saturated heterocycles. The first kappa shape index (κ1) is 12.5. The lowest BCUT2D eigenvalue weighted by Gasteiger charge is -2.18. The van der Waals surface area contributed by atoms with Crippen LogP contribution >= 0.6 is 0 Å². The van der Waals surface area contributed by atoms with Crippen LogP contribution in [-0.2, 0) is 4.79 Å². The van der Waals surface area contributed by atoms with E-state index in [2.05, 4.69) is 0 Å². The Kier molecular flexibility index (Phi) is 4.31. The topological polar surface area (TPSA) is 55.6 Å². The van der Waals surface area contributed by atoms with Gasteiger partial charge in [-0.3, -0.25) is 4.79 Å². The predicted molar refractivity (Wildman–Crippen MR) is 64.7 cm³/mol. The molecule has 2 N–H and O–H groups in total. The summed E-state index contributed by atoms with van der Waals surface area (Å²) in [5, 5.41) is 0. The van der Waals surface area contributed by atoms with Crippen LogP contribution in [0.4, 0.5) is 5.69 Å². The quantitative estimate of drug-likeness (QED) is 0.837. The second kappa shape index (κ2) is 5.51. The Balaban J connectivity index is 2.79. The van der Waals surface area contributed by atoms with Crippen LogP contribution in [0.15, 0.2) is 24.3 Å². The number of amides is 1. The second-order valence-corrected chi connectivity index (χ2v) is 3.84. The summed E-state index contributed by atoms with van der Waals surface area (Å²) in [5.74, 6) is 0.737. The first-order chi connectivity index (χ1) is 7.54. The normalized spacial score (nSPS) is 12.0. The third-order valence-electron chi connectivity index (χ3n) is 2.31. The Morgan fingerprint density at radius 3 is 2.81 bits per heavy atom. The molecular weight excluding hydrogens is 204 g/mol. The van der Waals surface area contributed by atoms with Gasteiger partial charge in [-0.15, -0.1) is 0 Å². The Labute approximate surface area is 96.0 Å². The number of rotatable bonds is 4. The molecule has 0 aromatic heterocycles. The standard InChI is InChI=1S/C12H18N2O2/c1-9(13)7-12(15)14(2)10-5-4-6-11(8-10)16-3/h4-6,8-9H,7,13H2,1-3H3. The molecule has 4 heteroatoms. The van der Waals surface area contributed by atoms with E-state index in [1.807, 2.05) is 31.2 Å². The van der Waals surface area contributed by atoms with Gasteiger partial charge in [-0.2, -0.15) is 0 Å². The Morgan fingerprint density at radius 1 is 1.56 bits per heavy atom. The van der Waals surface area contributed by atoms with Gasteiger partial charge in [-0.1, -0.05) is 6.07 Å². The highest BCUT2D eigenvalue weighted by atomic mass is 16.5. The number of anilines is 1. The van der Waals surface area contributed by atoms with E-state index in [9.17, 15) is 4.79 Å². The van der Waals surface area contributed by atoms with Crippen molar-refractivity contribution in [1.82, 2.24) is 0 Å². The van der Waals surface area contributed by atoms with E-state index >= 15 is 0 Å². The summed E-state index contributed by atoms with van der Waals surface area (Å²) in [5.41, 5.74) is 6.40. The Hall–Kier alpha value is -1.55. The largest absolute Gasteiger partial charge is 0.497 e. The van der Waals surface area contributed by atoms with E-state index in [0.717, 1.165) is 11.4 Å². The lowest BCUT2D eigenvalue weighted by Crippen LogP contribution is -2.31. The van der Waals surface area contributed by atoms with Crippen LogP contribution in [0.3, 0.4) is 0 Å². The molecule has 88 valence electrons. The molecule has 4 nitrogen and oxygen atoms in total. The van der Waals surface area contributed by atoms with Gasteiger partial charge in [0, 0.05) is 31.3 Å². The van der Waals surface area contributed by atoms with Gasteiger partial charge in [0.2, 0.25) is 5.91 Å². The van der Waals surface area contributed by atoms with Crippen molar-refractivity contribution in [3.63, 3.8) is 0 Å². The summed E-state index contributed by atoms with van der Waals surface area (Å²) in [6, 6.07) is 7.25. The van der Waals surface area contributed by atoms with Crippen molar-refractivity contribution in [2.45, 2.75) is 19.4 Å². The van der Waals surface area contributed by atoms with Crippen molar-refractivity contribution in [1.29, 1.82) is 0 Å². The average Bonchev–Trinajstić information content (AvgIpc) is 2.27. The highest BCUT2D eigenvalue weighted by molar-refractivity contribution is 5.93. The Morgan fingerprint density at radius 2 is 2.25 bits per heavy atom. The smallest absolute Gasteiger partial charge is 0.228 e. The molecule has 0 saturated carbocycles. The molecule has 0 aliphatic heterocycles. The number of benzene rings is 1.